The van der Waals surface area contributed by atoms with Crippen LogP contribution in [0.15, 0.2) is 18.2 Å². The number of carbonyl (C=O) groups is 2. The van der Waals surface area contributed by atoms with Gasteiger partial charge >= 0.3 is 0 Å². The van der Waals surface area contributed by atoms with Gasteiger partial charge in [0.2, 0.25) is 11.8 Å². The van der Waals surface area contributed by atoms with Crippen molar-refractivity contribution in [2.45, 2.75) is 18.8 Å². The molecular formula is C16H22ClN3O3. The number of benzene rings is 1. The smallest absolute Gasteiger partial charge is 0.234 e. The largest absolute Gasteiger partial charge is 0.496 e. The highest BCUT2D eigenvalue weighted by Gasteiger charge is 2.30. The molecule has 2 heterocycles. The molecule has 23 heavy (non-hydrogen) atoms. The molecule has 2 N–H and O–H groups in total. The number of rotatable bonds is 3. The maximum atomic E-state index is 12.1. The summed E-state index contributed by atoms with van der Waals surface area (Å²) < 4.78 is 5.50. The fourth-order valence-electron chi connectivity index (χ4n) is 3.10. The van der Waals surface area contributed by atoms with Crippen LogP contribution in [0.25, 0.3) is 0 Å². The third kappa shape index (κ3) is 3.76. The molecule has 0 radical (unpaired) electrons. The predicted octanol–water partition coefficient (Wildman–Crippen LogP) is 1.05. The van der Waals surface area contributed by atoms with Crippen LogP contribution >= 0.6 is 12.4 Å². The number of ether oxygens (including phenoxy) is 1. The van der Waals surface area contributed by atoms with E-state index in [1.165, 1.54) is 0 Å². The van der Waals surface area contributed by atoms with E-state index >= 15 is 0 Å². The lowest BCUT2D eigenvalue weighted by Crippen LogP contribution is -2.43. The number of piperazine rings is 1. The Morgan fingerprint density at radius 2 is 1.96 bits per heavy atom. The molecule has 0 saturated carbocycles. The molecule has 1 aromatic carbocycles. The summed E-state index contributed by atoms with van der Waals surface area (Å²) in [7, 11) is 1.62. The molecule has 3 rings (SSSR count). The summed E-state index contributed by atoms with van der Waals surface area (Å²) >= 11 is 0. The van der Waals surface area contributed by atoms with Crippen molar-refractivity contribution in [2.24, 2.45) is 0 Å². The normalized spacial score (nSPS) is 21.4. The van der Waals surface area contributed by atoms with E-state index in [0.717, 1.165) is 37.4 Å². The van der Waals surface area contributed by atoms with Crippen LogP contribution in [0.3, 0.4) is 0 Å². The summed E-state index contributed by atoms with van der Waals surface area (Å²) in [5.41, 5.74) is 1.96. The minimum Gasteiger partial charge on any atom is -0.496 e. The van der Waals surface area contributed by atoms with E-state index in [9.17, 15) is 9.59 Å². The second kappa shape index (κ2) is 7.66. The molecule has 2 saturated heterocycles. The number of amides is 2. The monoisotopic (exact) mass is 339 g/mol. The lowest BCUT2D eigenvalue weighted by atomic mass is 9.89. The van der Waals surface area contributed by atoms with Gasteiger partial charge in [0.05, 0.1) is 13.0 Å². The van der Waals surface area contributed by atoms with Crippen LogP contribution in [0.2, 0.25) is 0 Å². The third-order valence-corrected chi connectivity index (χ3v) is 4.31. The Morgan fingerprint density at radius 1 is 1.22 bits per heavy atom. The zero-order valence-electron chi connectivity index (χ0n) is 13.1. The number of piperidine rings is 1. The lowest BCUT2D eigenvalue weighted by molar-refractivity contribution is -0.134. The van der Waals surface area contributed by atoms with Crippen LogP contribution in [0.4, 0.5) is 5.69 Å². The fourth-order valence-corrected chi connectivity index (χ4v) is 3.10. The van der Waals surface area contributed by atoms with E-state index in [4.69, 9.17) is 4.74 Å². The minimum atomic E-state index is -0.315. The minimum absolute atomic E-state index is 0. The van der Waals surface area contributed by atoms with E-state index < -0.39 is 0 Å². The number of hydrogen-bond donors (Lipinski definition) is 2. The molecule has 0 aliphatic carbocycles. The maximum Gasteiger partial charge on any atom is 0.234 e. The van der Waals surface area contributed by atoms with Crippen LogP contribution in [0.5, 0.6) is 5.75 Å². The van der Waals surface area contributed by atoms with Crippen LogP contribution in [-0.4, -0.2) is 45.1 Å². The van der Waals surface area contributed by atoms with Gasteiger partial charge in [-0.25, -0.2) is 0 Å². The van der Waals surface area contributed by atoms with Crippen LogP contribution < -0.4 is 20.3 Å². The molecule has 6 nitrogen and oxygen atoms in total. The van der Waals surface area contributed by atoms with E-state index in [1.807, 2.05) is 18.2 Å². The van der Waals surface area contributed by atoms with E-state index in [1.54, 1.807) is 7.11 Å². The van der Waals surface area contributed by atoms with Gasteiger partial charge < -0.3 is 15.0 Å². The lowest BCUT2D eigenvalue weighted by Gasteiger charge is -2.30. The molecule has 2 aliphatic rings. The van der Waals surface area contributed by atoms with Gasteiger partial charge in [-0.2, -0.15) is 0 Å². The first-order valence-electron chi connectivity index (χ1n) is 7.66. The molecule has 0 bridgehead atoms. The van der Waals surface area contributed by atoms with Crippen molar-refractivity contribution >= 4 is 29.9 Å². The number of imide groups is 1. The summed E-state index contributed by atoms with van der Waals surface area (Å²) in [5, 5.41) is 5.73. The van der Waals surface area contributed by atoms with E-state index in [-0.39, 0.29) is 30.1 Å². The SMILES string of the molecule is COc1cc(N2CCNCC2)ccc1C1CCC(=O)NC1=O.Cl. The molecule has 1 aromatic rings. The Hall–Kier alpha value is -1.79. The number of anilines is 1. The van der Waals surface area contributed by atoms with Crippen LogP contribution in [0, 0.1) is 0 Å². The Morgan fingerprint density at radius 3 is 2.61 bits per heavy atom. The summed E-state index contributed by atoms with van der Waals surface area (Å²) in [6, 6.07) is 5.98. The van der Waals surface area contributed by atoms with Gasteiger partial charge in [-0.15, -0.1) is 12.4 Å². The van der Waals surface area contributed by atoms with Crippen molar-refractivity contribution in [3.63, 3.8) is 0 Å². The molecule has 0 spiro atoms. The van der Waals surface area contributed by atoms with Gasteiger partial charge in [-0.05, 0) is 12.5 Å². The van der Waals surface area contributed by atoms with Crippen molar-refractivity contribution in [1.82, 2.24) is 10.6 Å². The molecule has 1 atom stereocenters. The standard InChI is InChI=1S/C16H21N3O3.ClH/c1-22-14-10-11(19-8-6-17-7-9-19)2-3-12(14)13-4-5-15(20)18-16(13)21;/h2-3,10,13,17H,4-9H2,1H3,(H,18,20,21);1H. The first-order chi connectivity index (χ1) is 10.7. The van der Waals surface area contributed by atoms with Crippen molar-refractivity contribution in [1.29, 1.82) is 0 Å². The molecule has 2 aliphatic heterocycles. The highest BCUT2D eigenvalue weighted by atomic mass is 35.5. The molecule has 1 unspecified atom stereocenters. The summed E-state index contributed by atoms with van der Waals surface area (Å²) in [6.07, 6.45) is 0.910. The van der Waals surface area contributed by atoms with Gasteiger partial charge in [-0.3, -0.25) is 14.9 Å². The topological polar surface area (TPSA) is 70.7 Å². The zero-order valence-corrected chi connectivity index (χ0v) is 13.9. The van der Waals surface area contributed by atoms with Gasteiger partial charge in [0, 0.05) is 49.9 Å². The van der Waals surface area contributed by atoms with Crippen molar-refractivity contribution in [3.05, 3.63) is 23.8 Å². The summed E-state index contributed by atoms with van der Waals surface area (Å²) in [5.74, 6) is -0.0302. The molecular weight excluding hydrogens is 318 g/mol. The fraction of sp³-hybridized carbons (Fsp3) is 0.500. The van der Waals surface area contributed by atoms with Crippen molar-refractivity contribution in [2.75, 3.05) is 38.2 Å². The van der Waals surface area contributed by atoms with Gasteiger partial charge in [-0.1, -0.05) is 6.07 Å². The number of nitrogens with one attached hydrogen (secondary N) is 2. The number of hydrogen-bond acceptors (Lipinski definition) is 5. The van der Waals surface area contributed by atoms with Gasteiger partial charge in [0.1, 0.15) is 5.75 Å². The predicted molar refractivity (Wildman–Crippen MR) is 90.4 cm³/mol. The zero-order chi connectivity index (χ0) is 15.5. The Labute approximate surface area is 142 Å². The highest BCUT2D eigenvalue weighted by molar-refractivity contribution is 6.01. The maximum absolute atomic E-state index is 12.1. The molecule has 2 amide bonds. The Balaban J connectivity index is 0.00000192. The highest BCUT2D eigenvalue weighted by Crippen LogP contribution is 2.35. The first-order valence-corrected chi connectivity index (χ1v) is 7.66. The van der Waals surface area contributed by atoms with Gasteiger partial charge in [0.25, 0.3) is 0 Å². The van der Waals surface area contributed by atoms with Crippen LogP contribution in [0.1, 0.15) is 24.3 Å². The van der Waals surface area contributed by atoms with Gasteiger partial charge in [0.15, 0.2) is 0 Å². The molecule has 2 fully saturated rings. The second-order valence-electron chi connectivity index (χ2n) is 5.67. The third-order valence-electron chi connectivity index (χ3n) is 4.31. The van der Waals surface area contributed by atoms with Crippen LogP contribution in [-0.2, 0) is 9.59 Å². The average Bonchev–Trinajstić information content (AvgIpc) is 2.55. The average molecular weight is 340 g/mol. The van der Waals surface area contributed by atoms with Crippen molar-refractivity contribution < 1.29 is 14.3 Å². The quantitative estimate of drug-likeness (QED) is 0.805. The molecule has 126 valence electrons. The molecule has 0 aromatic heterocycles. The summed E-state index contributed by atoms with van der Waals surface area (Å²) in [4.78, 5) is 25.6. The second-order valence-corrected chi connectivity index (χ2v) is 5.67. The number of halogens is 1. The first kappa shape index (κ1) is 17.6. The Kier molecular flexibility index (Phi) is 5.85. The Bertz CT molecular complexity index is 588. The number of methoxy groups -OCH3 is 1. The van der Waals surface area contributed by atoms with E-state index in [0.29, 0.717) is 18.6 Å². The number of nitrogens with zero attached hydrogens (tertiary/aromatic N) is 1. The molecule has 7 heteroatoms. The van der Waals surface area contributed by atoms with Crippen molar-refractivity contribution in [3.8, 4) is 5.75 Å². The summed E-state index contributed by atoms with van der Waals surface area (Å²) in [6.45, 7) is 3.86. The van der Waals surface area contributed by atoms with E-state index in [2.05, 4.69) is 15.5 Å². The number of carbonyl (C=O) groups excluding carboxylic acids is 2.